The van der Waals surface area contributed by atoms with Gasteiger partial charge in [0.15, 0.2) is 6.10 Å². The fourth-order valence-corrected chi connectivity index (χ4v) is 1.88. The molecule has 0 aliphatic carbocycles. The number of carbonyl (C=O) groups excluding carboxylic acids is 1. The number of ether oxygens (including phenoxy) is 1. The second kappa shape index (κ2) is 6.95. The van der Waals surface area contributed by atoms with Gasteiger partial charge >= 0.3 is 5.97 Å². The van der Waals surface area contributed by atoms with Crippen LogP contribution in [0.5, 0.6) is 5.75 Å². The molecule has 2 aromatic rings. The summed E-state index contributed by atoms with van der Waals surface area (Å²) in [5.41, 5.74) is 0.934. The number of anilines is 1. The van der Waals surface area contributed by atoms with Gasteiger partial charge < -0.3 is 15.2 Å². The molecule has 0 bridgehead atoms. The van der Waals surface area contributed by atoms with Gasteiger partial charge in [0.05, 0.1) is 10.7 Å². The molecular formula is C16H14ClNO4. The second-order valence-corrected chi connectivity index (χ2v) is 4.96. The lowest BCUT2D eigenvalue weighted by Gasteiger charge is -2.11. The van der Waals surface area contributed by atoms with Gasteiger partial charge in [-0.25, -0.2) is 4.79 Å². The maximum absolute atomic E-state index is 12.1. The molecule has 0 aromatic heterocycles. The first kappa shape index (κ1) is 15.9. The number of hydrogen-bond acceptors (Lipinski definition) is 3. The number of halogens is 1. The molecule has 6 heteroatoms. The SMILES string of the molecule is C[C@@H](Oc1ccc(C(=O)Nc2ccccc2Cl)cc1)C(=O)O. The molecule has 1 amide bonds. The zero-order valence-electron chi connectivity index (χ0n) is 11.7. The van der Waals surface area contributed by atoms with Crippen molar-refractivity contribution in [1.82, 2.24) is 0 Å². The summed E-state index contributed by atoms with van der Waals surface area (Å²) in [6, 6.07) is 13.1. The molecule has 0 unspecified atom stereocenters. The summed E-state index contributed by atoms with van der Waals surface area (Å²) in [4.78, 5) is 22.8. The molecule has 5 nitrogen and oxygen atoms in total. The maximum atomic E-state index is 12.1. The summed E-state index contributed by atoms with van der Waals surface area (Å²) in [5.74, 6) is -0.990. The van der Waals surface area contributed by atoms with Crippen molar-refractivity contribution in [2.75, 3.05) is 5.32 Å². The van der Waals surface area contributed by atoms with Crippen LogP contribution in [0.3, 0.4) is 0 Å². The number of aliphatic carboxylic acids is 1. The highest BCUT2D eigenvalue weighted by Crippen LogP contribution is 2.21. The van der Waals surface area contributed by atoms with Crippen LogP contribution in [0.25, 0.3) is 0 Å². The first-order valence-corrected chi connectivity index (χ1v) is 6.90. The van der Waals surface area contributed by atoms with Crippen molar-refractivity contribution in [2.45, 2.75) is 13.0 Å². The lowest BCUT2D eigenvalue weighted by Crippen LogP contribution is -2.22. The third-order valence-electron chi connectivity index (χ3n) is 2.90. The van der Waals surface area contributed by atoms with Crippen LogP contribution >= 0.6 is 11.6 Å². The Morgan fingerprint density at radius 3 is 2.36 bits per heavy atom. The van der Waals surface area contributed by atoms with E-state index < -0.39 is 12.1 Å². The molecule has 0 aliphatic heterocycles. The first-order valence-electron chi connectivity index (χ1n) is 6.53. The molecule has 0 saturated carbocycles. The number of carboxylic acids is 1. The van der Waals surface area contributed by atoms with E-state index in [1.807, 2.05) is 0 Å². The lowest BCUT2D eigenvalue weighted by atomic mass is 10.2. The number of amides is 1. The summed E-state index contributed by atoms with van der Waals surface area (Å²) in [5, 5.41) is 11.9. The number of carbonyl (C=O) groups is 2. The summed E-state index contributed by atoms with van der Waals surface area (Å²) in [7, 11) is 0. The van der Waals surface area contributed by atoms with Crippen molar-refractivity contribution in [3.8, 4) is 5.75 Å². The van der Waals surface area contributed by atoms with E-state index in [4.69, 9.17) is 21.4 Å². The average Bonchev–Trinajstić information content (AvgIpc) is 2.50. The Balaban J connectivity index is 2.05. The van der Waals surface area contributed by atoms with Crippen molar-refractivity contribution >= 4 is 29.2 Å². The van der Waals surface area contributed by atoms with Crippen LogP contribution in [0.1, 0.15) is 17.3 Å². The van der Waals surface area contributed by atoms with Crippen molar-refractivity contribution in [1.29, 1.82) is 0 Å². The normalized spacial score (nSPS) is 11.5. The van der Waals surface area contributed by atoms with Crippen LogP contribution < -0.4 is 10.1 Å². The van der Waals surface area contributed by atoms with Crippen LogP contribution in [0, 0.1) is 0 Å². The van der Waals surface area contributed by atoms with Gasteiger partial charge in [0, 0.05) is 5.56 Å². The molecule has 0 fully saturated rings. The fraction of sp³-hybridized carbons (Fsp3) is 0.125. The third kappa shape index (κ3) is 3.99. The predicted molar refractivity (Wildman–Crippen MR) is 83.6 cm³/mol. The zero-order valence-corrected chi connectivity index (χ0v) is 12.5. The van der Waals surface area contributed by atoms with Gasteiger partial charge in [-0.3, -0.25) is 4.79 Å². The van der Waals surface area contributed by atoms with Crippen LogP contribution in [0.2, 0.25) is 5.02 Å². The minimum absolute atomic E-state index is 0.314. The Morgan fingerprint density at radius 2 is 1.77 bits per heavy atom. The number of benzene rings is 2. The fourth-order valence-electron chi connectivity index (χ4n) is 1.70. The number of para-hydroxylation sites is 1. The van der Waals surface area contributed by atoms with Gasteiger partial charge in [-0.15, -0.1) is 0 Å². The topological polar surface area (TPSA) is 75.6 Å². The smallest absolute Gasteiger partial charge is 0.344 e. The van der Waals surface area contributed by atoms with Gasteiger partial charge in [-0.05, 0) is 43.3 Å². The average molecular weight is 320 g/mol. The highest BCUT2D eigenvalue weighted by molar-refractivity contribution is 6.33. The van der Waals surface area contributed by atoms with Gasteiger partial charge in [0.1, 0.15) is 5.75 Å². The molecule has 2 aromatic carbocycles. The highest BCUT2D eigenvalue weighted by atomic mass is 35.5. The predicted octanol–water partition coefficient (Wildman–Crippen LogP) is 3.44. The van der Waals surface area contributed by atoms with Crippen LogP contribution in [0.15, 0.2) is 48.5 Å². The zero-order chi connectivity index (χ0) is 16.1. The monoisotopic (exact) mass is 319 g/mol. The van der Waals surface area contributed by atoms with Gasteiger partial charge in [-0.2, -0.15) is 0 Å². The van der Waals surface area contributed by atoms with Crippen LogP contribution in [-0.2, 0) is 4.79 Å². The van der Waals surface area contributed by atoms with E-state index in [2.05, 4.69) is 5.32 Å². The Morgan fingerprint density at radius 1 is 1.14 bits per heavy atom. The first-order chi connectivity index (χ1) is 10.5. The Bertz CT molecular complexity index is 685. The summed E-state index contributed by atoms with van der Waals surface area (Å²) >= 11 is 5.98. The molecule has 2 N–H and O–H groups in total. The molecule has 0 radical (unpaired) electrons. The molecule has 0 heterocycles. The van der Waals surface area contributed by atoms with Crippen molar-refractivity contribution < 1.29 is 19.4 Å². The van der Waals surface area contributed by atoms with Crippen molar-refractivity contribution in [3.05, 3.63) is 59.1 Å². The summed E-state index contributed by atoms with van der Waals surface area (Å²) in [6.07, 6.45) is -0.956. The van der Waals surface area contributed by atoms with Crippen LogP contribution in [0.4, 0.5) is 5.69 Å². The third-order valence-corrected chi connectivity index (χ3v) is 3.23. The standard InChI is InChI=1S/C16H14ClNO4/c1-10(16(20)21)22-12-8-6-11(7-9-12)15(19)18-14-5-3-2-4-13(14)17/h2-10H,1H3,(H,18,19)(H,20,21)/t10-/m1/s1. The Kier molecular flexibility index (Phi) is 5.01. The number of nitrogens with one attached hydrogen (secondary N) is 1. The number of carboxylic acid groups (broad SMARTS) is 1. The van der Waals surface area contributed by atoms with E-state index in [-0.39, 0.29) is 5.91 Å². The van der Waals surface area contributed by atoms with Crippen molar-refractivity contribution in [3.63, 3.8) is 0 Å². The minimum atomic E-state index is -1.06. The Hall–Kier alpha value is -2.53. The number of hydrogen-bond donors (Lipinski definition) is 2. The van der Waals surface area contributed by atoms with Gasteiger partial charge in [0.25, 0.3) is 5.91 Å². The second-order valence-electron chi connectivity index (χ2n) is 4.56. The van der Waals surface area contributed by atoms with Gasteiger partial charge in [-0.1, -0.05) is 23.7 Å². The lowest BCUT2D eigenvalue weighted by molar-refractivity contribution is -0.144. The molecule has 0 spiro atoms. The van der Waals surface area contributed by atoms with E-state index in [1.165, 1.54) is 6.92 Å². The highest BCUT2D eigenvalue weighted by Gasteiger charge is 2.13. The van der Waals surface area contributed by atoms with Crippen molar-refractivity contribution in [2.24, 2.45) is 0 Å². The maximum Gasteiger partial charge on any atom is 0.344 e. The molecule has 2 rings (SSSR count). The number of rotatable bonds is 5. The molecule has 0 aliphatic rings. The van der Waals surface area contributed by atoms with E-state index in [0.29, 0.717) is 22.0 Å². The molecule has 22 heavy (non-hydrogen) atoms. The van der Waals surface area contributed by atoms with E-state index in [9.17, 15) is 9.59 Å². The molecular weight excluding hydrogens is 306 g/mol. The van der Waals surface area contributed by atoms with Gasteiger partial charge in [0.2, 0.25) is 0 Å². The summed E-state index contributed by atoms with van der Waals surface area (Å²) in [6.45, 7) is 1.43. The molecule has 1 atom stereocenters. The van der Waals surface area contributed by atoms with E-state index in [1.54, 1.807) is 48.5 Å². The Labute approximate surface area is 132 Å². The molecule has 0 saturated heterocycles. The van der Waals surface area contributed by atoms with E-state index in [0.717, 1.165) is 0 Å². The van der Waals surface area contributed by atoms with Crippen LogP contribution in [-0.4, -0.2) is 23.1 Å². The largest absolute Gasteiger partial charge is 0.479 e. The minimum Gasteiger partial charge on any atom is -0.479 e. The summed E-state index contributed by atoms with van der Waals surface area (Å²) < 4.78 is 5.20. The molecule has 114 valence electrons. The quantitative estimate of drug-likeness (QED) is 0.885. The van der Waals surface area contributed by atoms with E-state index >= 15 is 0 Å².